The molecule has 0 N–H and O–H groups in total. The topological polar surface area (TPSA) is 58.4 Å². The van der Waals surface area contributed by atoms with Gasteiger partial charge in [-0.25, -0.2) is 4.68 Å². The minimum absolute atomic E-state index is 0.134. The van der Waals surface area contributed by atoms with E-state index in [1.165, 1.54) is 16.0 Å². The maximum atomic E-state index is 12.8. The minimum atomic E-state index is -0.134. The quantitative estimate of drug-likeness (QED) is 0.719. The first kappa shape index (κ1) is 19.1. The Kier molecular flexibility index (Phi) is 6.13. The van der Waals surface area contributed by atoms with Gasteiger partial charge in [0.25, 0.3) is 11.5 Å². The van der Waals surface area contributed by atoms with Crippen molar-refractivity contribution < 1.29 is 4.79 Å². The zero-order valence-corrected chi connectivity index (χ0v) is 17.4. The zero-order chi connectivity index (χ0) is 18.7. The Balaban J connectivity index is 1.71. The predicted octanol–water partition coefficient (Wildman–Crippen LogP) is 3.13. The van der Waals surface area contributed by atoms with Crippen LogP contribution in [0.25, 0.3) is 0 Å². The summed E-state index contributed by atoms with van der Waals surface area (Å²) in [6.07, 6.45) is 4.45. The summed E-state index contributed by atoms with van der Waals surface area (Å²) in [6, 6.07) is 4.05. The predicted molar refractivity (Wildman–Crippen MR) is 108 cm³/mol. The number of aromatic nitrogens is 2. The van der Waals surface area contributed by atoms with E-state index in [-0.39, 0.29) is 17.5 Å². The van der Waals surface area contributed by atoms with E-state index in [1.54, 1.807) is 13.2 Å². The van der Waals surface area contributed by atoms with Crippen LogP contribution in [0.2, 0.25) is 0 Å². The molecule has 140 valence electrons. The summed E-state index contributed by atoms with van der Waals surface area (Å²) in [7, 11) is 1.64. The number of piperidine rings is 1. The molecule has 0 atom stereocenters. The van der Waals surface area contributed by atoms with Crippen LogP contribution in [0.5, 0.6) is 0 Å². The number of hydrogen-bond donors (Lipinski definition) is 0. The smallest absolute Gasteiger partial charge is 0.282 e. The van der Waals surface area contributed by atoms with Gasteiger partial charge in [-0.3, -0.25) is 9.59 Å². The molecule has 0 saturated carbocycles. The first-order valence-electron chi connectivity index (χ1n) is 8.84. The molecule has 6 nitrogen and oxygen atoms in total. The van der Waals surface area contributed by atoms with Crippen molar-refractivity contribution in [2.45, 2.75) is 32.2 Å². The molecule has 1 aliphatic rings. The van der Waals surface area contributed by atoms with Crippen LogP contribution in [0.3, 0.4) is 0 Å². The zero-order valence-electron chi connectivity index (χ0n) is 15.0. The van der Waals surface area contributed by atoms with Gasteiger partial charge in [-0.2, -0.15) is 5.10 Å². The Labute approximate surface area is 165 Å². The van der Waals surface area contributed by atoms with Gasteiger partial charge in [-0.05, 0) is 46.6 Å². The lowest BCUT2D eigenvalue weighted by molar-refractivity contribution is 0.0655. The van der Waals surface area contributed by atoms with E-state index >= 15 is 0 Å². The van der Waals surface area contributed by atoms with Gasteiger partial charge in [0.2, 0.25) is 0 Å². The van der Waals surface area contributed by atoms with Crippen molar-refractivity contribution in [3.63, 3.8) is 0 Å². The normalized spacial score (nSPS) is 15.3. The Morgan fingerprint density at radius 1 is 1.42 bits per heavy atom. The fraction of sp³-hybridized carbons (Fsp3) is 0.500. The van der Waals surface area contributed by atoms with E-state index in [1.807, 2.05) is 22.4 Å². The monoisotopic (exact) mass is 438 g/mol. The summed E-state index contributed by atoms with van der Waals surface area (Å²) in [4.78, 5) is 29.9. The van der Waals surface area contributed by atoms with E-state index < -0.39 is 0 Å². The number of rotatable bonds is 5. The average Bonchev–Trinajstić information content (AvgIpc) is 3.19. The molecular formula is C18H23BrN4O2S. The van der Waals surface area contributed by atoms with Crippen LogP contribution < -0.4 is 10.5 Å². The Morgan fingerprint density at radius 2 is 2.15 bits per heavy atom. The van der Waals surface area contributed by atoms with Crippen molar-refractivity contribution in [2.24, 2.45) is 7.05 Å². The second-order valence-corrected chi connectivity index (χ2v) is 8.21. The number of aryl methyl sites for hydroxylation is 1. The van der Waals surface area contributed by atoms with E-state index in [4.69, 9.17) is 0 Å². The Morgan fingerprint density at radius 3 is 2.77 bits per heavy atom. The molecule has 0 aromatic carbocycles. The number of anilines is 1. The molecule has 8 heteroatoms. The van der Waals surface area contributed by atoms with Crippen LogP contribution in [0.4, 0.5) is 5.69 Å². The largest absolute Gasteiger partial charge is 0.369 e. The molecule has 3 heterocycles. The third-order valence-electron chi connectivity index (χ3n) is 4.76. The highest BCUT2D eigenvalue weighted by molar-refractivity contribution is 9.10. The highest BCUT2D eigenvalue weighted by Crippen LogP contribution is 2.27. The molecule has 2 aromatic heterocycles. The van der Waals surface area contributed by atoms with Crippen molar-refractivity contribution in [3.05, 3.63) is 43.4 Å². The van der Waals surface area contributed by atoms with Gasteiger partial charge in [0, 0.05) is 32.7 Å². The van der Waals surface area contributed by atoms with Crippen molar-refractivity contribution in [1.29, 1.82) is 0 Å². The van der Waals surface area contributed by atoms with Crippen molar-refractivity contribution >= 4 is 38.9 Å². The third kappa shape index (κ3) is 3.86. The number of amides is 1. The molecule has 1 aliphatic heterocycles. The molecule has 0 spiro atoms. The second kappa shape index (κ2) is 8.35. The molecule has 1 amide bonds. The molecule has 26 heavy (non-hydrogen) atoms. The molecule has 0 radical (unpaired) electrons. The van der Waals surface area contributed by atoms with E-state index in [0.29, 0.717) is 4.47 Å². The van der Waals surface area contributed by atoms with Gasteiger partial charge in [0.05, 0.1) is 16.8 Å². The highest BCUT2D eigenvalue weighted by atomic mass is 79.9. The fourth-order valence-electron chi connectivity index (χ4n) is 3.37. The summed E-state index contributed by atoms with van der Waals surface area (Å²) in [5.41, 5.74) is 0.697. The summed E-state index contributed by atoms with van der Waals surface area (Å²) >= 11 is 4.91. The van der Waals surface area contributed by atoms with Gasteiger partial charge < -0.3 is 9.80 Å². The lowest BCUT2D eigenvalue weighted by atomic mass is 10.0. The van der Waals surface area contributed by atoms with E-state index in [9.17, 15) is 9.59 Å². The number of carbonyl (C=O) groups excluding carboxylic acids is 1. The van der Waals surface area contributed by atoms with Gasteiger partial charge >= 0.3 is 0 Å². The first-order chi connectivity index (χ1) is 12.5. The number of nitrogens with zero attached hydrogens (tertiary/aromatic N) is 4. The van der Waals surface area contributed by atoms with Crippen LogP contribution in [0.15, 0.2) is 33.0 Å². The van der Waals surface area contributed by atoms with Gasteiger partial charge in [-0.15, -0.1) is 11.3 Å². The van der Waals surface area contributed by atoms with Gasteiger partial charge in [0.1, 0.15) is 4.47 Å². The van der Waals surface area contributed by atoms with Crippen LogP contribution in [-0.4, -0.2) is 46.3 Å². The van der Waals surface area contributed by atoms with Crippen LogP contribution in [0, 0.1) is 0 Å². The standard InChI is InChI=1S/C18H23BrN4O2S/c1-3-8-23(17(24)15-5-4-11-26-15)13-6-9-22(10-7-13)14-12-20-21(2)18(25)16(14)19/h4-5,11-13H,3,6-10H2,1-2H3. The Bertz CT molecular complexity index is 813. The molecule has 1 fully saturated rings. The van der Waals surface area contributed by atoms with Crippen LogP contribution in [-0.2, 0) is 7.05 Å². The lowest BCUT2D eigenvalue weighted by Gasteiger charge is -2.39. The maximum Gasteiger partial charge on any atom is 0.282 e. The molecule has 1 saturated heterocycles. The molecule has 0 aliphatic carbocycles. The lowest BCUT2D eigenvalue weighted by Crippen LogP contribution is -2.48. The summed E-state index contributed by atoms with van der Waals surface area (Å²) < 4.78 is 1.87. The average molecular weight is 439 g/mol. The SMILES string of the molecule is CCCN(C(=O)c1cccs1)C1CCN(c2cnn(C)c(=O)c2Br)CC1. The molecule has 2 aromatic rings. The third-order valence-corrected chi connectivity index (χ3v) is 6.37. The molecular weight excluding hydrogens is 416 g/mol. The number of carbonyl (C=O) groups is 1. The number of thiophene rings is 1. The summed E-state index contributed by atoms with van der Waals surface area (Å²) in [5, 5.41) is 6.07. The summed E-state index contributed by atoms with van der Waals surface area (Å²) in [6.45, 7) is 4.48. The minimum Gasteiger partial charge on any atom is -0.369 e. The van der Waals surface area contributed by atoms with E-state index in [0.717, 1.165) is 49.5 Å². The van der Waals surface area contributed by atoms with Gasteiger partial charge in [0.15, 0.2) is 0 Å². The maximum absolute atomic E-state index is 12.8. The number of hydrogen-bond acceptors (Lipinski definition) is 5. The number of halogens is 1. The van der Waals surface area contributed by atoms with Crippen molar-refractivity contribution in [3.8, 4) is 0 Å². The van der Waals surface area contributed by atoms with Crippen molar-refractivity contribution in [1.82, 2.24) is 14.7 Å². The fourth-order valence-corrected chi connectivity index (χ4v) is 4.66. The van der Waals surface area contributed by atoms with E-state index in [2.05, 4.69) is 32.9 Å². The van der Waals surface area contributed by atoms with Crippen LogP contribution in [0.1, 0.15) is 35.9 Å². The van der Waals surface area contributed by atoms with Crippen LogP contribution >= 0.6 is 27.3 Å². The second-order valence-electron chi connectivity index (χ2n) is 6.47. The van der Waals surface area contributed by atoms with Crippen molar-refractivity contribution in [2.75, 3.05) is 24.5 Å². The highest BCUT2D eigenvalue weighted by Gasteiger charge is 2.29. The first-order valence-corrected chi connectivity index (χ1v) is 10.5. The Hall–Kier alpha value is -1.67. The summed E-state index contributed by atoms with van der Waals surface area (Å²) in [5.74, 6) is 0.136. The molecule has 0 unspecified atom stereocenters. The molecule has 0 bridgehead atoms. The molecule has 3 rings (SSSR count). The van der Waals surface area contributed by atoms with Gasteiger partial charge in [-0.1, -0.05) is 13.0 Å².